The molecule has 0 bridgehead atoms. The fourth-order valence-corrected chi connectivity index (χ4v) is 3.10. The molecule has 0 aliphatic carbocycles. The number of nitrogens with one attached hydrogen (secondary N) is 1. The summed E-state index contributed by atoms with van der Waals surface area (Å²) in [5, 5.41) is 15.4. The van der Waals surface area contributed by atoms with Gasteiger partial charge in [0.2, 0.25) is 5.95 Å². The maximum Gasteiger partial charge on any atom is 0.243 e. The van der Waals surface area contributed by atoms with Gasteiger partial charge in [0.25, 0.3) is 0 Å². The lowest BCUT2D eigenvalue weighted by atomic mass is 10.1. The van der Waals surface area contributed by atoms with Gasteiger partial charge in [-0.05, 0) is 52.6 Å². The molecule has 0 radical (unpaired) electrons. The number of anilines is 1. The van der Waals surface area contributed by atoms with E-state index in [1.165, 1.54) is 5.56 Å². The number of nitrogens with zero attached hydrogens (tertiary/aromatic N) is 4. The topological polar surface area (TPSA) is 74.1 Å². The molecule has 1 heterocycles. The number of methoxy groups -OCH3 is 1. The van der Waals surface area contributed by atoms with Gasteiger partial charge in [-0.2, -0.15) is 0 Å². The Hall–Kier alpha value is -2.80. The first-order valence-electron chi connectivity index (χ1n) is 9.16. The summed E-state index contributed by atoms with van der Waals surface area (Å²) in [5.41, 5.74) is 3.22. The van der Waals surface area contributed by atoms with E-state index in [9.17, 15) is 0 Å². The molecule has 3 aromatic rings. The van der Waals surface area contributed by atoms with Gasteiger partial charge >= 0.3 is 0 Å². The van der Waals surface area contributed by atoms with Gasteiger partial charge in [-0.25, -0.2) is 4.68 Å². The van der Waals surface area contributed by atoms with E-state index in [1.807, 2.05) is 30.3 Å². The molecule has 7 nitrogen and oxygen atoms in total. The highest BCUT2D eigenvalue weighted by Gasteiger charge is 2.14. The number of aromatic nitrogens is 4. The van der Waals surface area contributed by atoms with E-state index in [4.69, 9.17) is 21.1 Å². The van der Waals surface area contributed by atoms with Crippen molar-refractivity contribution in [3.05, 3.63) is 58.1 Å². The van der Waals surface area contributed by atoms with E-state index in [-0.39, 0.29) is 0 Å². The number of rotatable bonds is 9. The standard InChI is InChI=1S/C20H24ClN5O2/c1-4-9-26-20(23-24-25-26)22-12-15-10-17(21)19(18(11-15)27-3)28-13-16-8-6-5-7-14(16)2/h5-8,10-11H,4,9,12-13H2,1-3H3,(H,22,23,25). The molecule has 0 atom stereocenters. The lowest BCUT2D eigenvalue weighted by Crippen LogP contribution is -2.09. The number of ether oxygens (including phenoxy) is 2. The van der Waals surface area contributed by atoms with Crippen LogP contribution in [0.1, 0.15) is 30.0 Å². The second kappa shape index (κ2) is 9.41. The highest BCUT2D eigenvalue weighted by Crippen LogP contribution is 2.37. The maximum atomic E-state index is 6.48. The Balaban J connectivity index is 1.72. The zero-order valence-electron chi connectivity index (χ0n) is 16.3. The number of benzene rings is 2. The minimum absolute atomic E-state index is 0.423. The van der Waals surface area contributed by atoms with E-state index in [2.05, 4.69) is 40.8 Å². The lowest BCUT2D eigenvalue weighted by Gasteiger charge is -2.15. The van der Waals surface area contributed by atoms with Crippen LogP contribution in [0, 0.1) is 6.92 Å². The molecule has 148 valence electrons. The normalized spacial score (nSPS) is 10.7. The van der Waals surface area contributed by atoms with Crippen LogP contribution < -0.4 is 14.8 Å². The third-order valence-electron chi connectivity index (χ3n) is 4.34. The summed E-state index contributed by atoms with van der Waals surface area (Å²) in [6, 6.07) is 11.8. The summed E-state index contributed by atoms with van der Waals surface area (Å²) in [6.07, 6.45) is 0.951. The molecule has 3 rings (SSSR count). The van der Waals surface area contributed by atoms with Crippen LogP contribution in [0.2, 0.25) is 5.02 Å². The monoisotopic (exact) mass is 401 g/mol. The Kier molecular flexibility index (Phi) is 6.71. The van der Waals surface area contributed by atoms with Crippen LogP contribution in [0.5, 0.6) is 11.5 Å². The first-order valence-corrected chi connectivity index (χ1v) is 9.54. The average molecular weight is 402 g/mol. The number of aryl methyl sites for hydroxylation is 2. The van der Waals surface area contributed by atoms with Crippen LogP contribution in [0.15, 0.2) is 36.4 Å². The van der Waals surface area contributed by atoms with Gasteiger partial charge in [0.1, 0.15) is 6.61 Å². The van der Waals surface area contributed by atoms with Gasteiger partial charge in [0, 0.05) is 13.1 Å². The van der Waals surface area contributed by atoms with Crippen molar-refractivity contribution in [2.24, 2.45) is 0 Å². The SMILES string of the molecule is CCCn1nnnc1NCc1cc(Cl)c(OCc2ccccc2C)c(OC)c1. The van der Waals surface area contributed by atoms with Crippen LogP contribution in [0.3, 0.4) is 0 Å². The minimum Gasteiger partial charge on any atom is -0.493 e. The highest BCUT2D eigenvalue weighted by molar-refractivity contribution is 6.32. The van der Waals surface area contributed by atoms with Crippen molar-refractivity contribution in [2.45, 2.75) is 40.0 Å². The summed E-state index contributed by atoms with van der Waals surface area (Å²) in [7, 11) is 1.60. The summed E-state index contributed by atoms with van der Waals surface area (Å²) in [5.74, 6) is 1.75. The molecule has 1 N–H and O–H groups in total. The summed E-state index contributed by atoms with van der Waals surface area (Å²) in [4.78, 5) is 0. The molecule has 0 amide bonds. The van der Waals surface area contributed by atoms with Gasteiger partial charge < -0.3 is 14.8 Å². The summed E-state index contributed by atoms with van der Waals surface area (Å²) in [6.45, 7) is 5.82. The van der Waals surface area contributed by atoms with Crippen LogP contribution >= 0.6 is 11.6 Å². The second-order valence-corrected chi connectivity index (χ2v) is 6.81. The second-order valence-electron chi connectivity index (χ2n) is 6.40. The number of hydrogen-bond donors (Lipinski definition) is 1. The number of halogens is 1. The third kappa shape index (κ3) is 4.72. The Morgan fingerprint density at radius 3 is 2.79 bits per heavy atom. The zero-order chi connectivity index (χ0) is 19.9. The molecule has 0 saturated heterocycles. The fourth-order valence-electron chi connectivity index (χ4n) is 2.81. The zero-order valence-corrected chi connectivity index (χ0v) is 17.0. The molecule has 1 aromatic heterocycles. The Morgan fingerprint density at radius 2 is 2.04 bits per heavy atom. The van der Waals surface area contributed by atoms with Crippen molar-refractivity contribution in [1.82, 2.24) is 20.2 Å². The van der Waals surface area contributed by atoms with Gasteiger partial charge in [0.15, 0.2) is 11.5 Å². The van der Waals surface area contributed by atoms with Gasteiger partial charge in [-0.1, -0.05) is 47.9 Å². The third-order valence-corrected chi connectivity index (χ3v) is 4.62. The lowest BCUT2D eigenvalue weighted by molar-refractivity contribution is 0.284. The van der Waals surface area contributed by atoms with E-state index in [1.54, 1.807) is 11.8 Å². The molecule has 0 unspecified atom stereocenters. The van der Waals surface area contributed by atoms with Crippen LogP contribution in [-0.2, 0) is 19.7 Å². The molecule has 8 heteroatoms. The first kappa shape index (κ1) is 19.9. The minimum atomic E-state index is 0.423. The molecule has 0 saturated carbocycles. The fraction of sp³-hybridized carbons (Fsp3) is 0.350. The van der Waals surface area contributed by atoms with Crippen LogP contribution in [0.4, 0.5) is 5.95 Å². The Labute approximate surface area is 169 Å². The molecule has 0 aliphatic rings. The molecule has 0 aliphatic heterocycles. The Bertz CT molecular complexity index is 929. The first-order chi connectivity index (χ1) is 13.6. The van der Waals surface area contributed by atoms with E-state index in [0.29, 0.717) is 35.6 Å². The highest BCUT2D eigenvalue weighted by atomic mass is 35.5. The van der Waals surface area contributed by atoms with E-state index < -0.39 is 0 Å². The largest absolute Gasteiger partial charge is 0.493 e. The van der Waals surface area contributed by atoms with Crippen molar-refractivity contribution >= 4 is 17.5 Å². The van der Waals surface area contributed by atoms with Crippen molar-refractivity contribution in [2.75, 3.05) is 12.4 Å². The van der Waals surface area contributed by atoms with Crippen molar-refractivity contribution in [3.63, 3.8) is 0 Å². The predicted molar refractivity (Wildman–Crippen MR) is 109 cm³/mol. The van der Waals surface area contributed by atoms with Crippen LogP contribution in [-0.4, -0.2) is 27.3 Å². The van der Waals surface area contributed by atoms with Crippen molar-refractivity contribution < 1.29 is 9.47 Å². The average Bonchev–Trinajstić information content (AvgIpc) is 3.13. The molecule has 0 fully saturated rings. The number of tetrazole rings is 1. The van der Waals surface area contributed by atoms with Crippen LogP contribution in [0.25, 0.3) is 0 Å². The molecule has 28 heavy (non-hydrogen) atoms. The smallest absolute Gasteiger partial charge is 0.243 e. The van der Waals surface area contributed by atoms with Gasteiger partial charge in [0.05, 0.1) is 12.1 Å². The number of hydrogen-bond acceptors (Lipinski definition) is 6. The molecule has 2 aromatic carbocycles. The Morgan fingerprint density at radius 1 is 1.21 bits per heavy atom. The van der Waals surface area contributed by atoms with Gasteiger partial charge in [-0.15, -0.1) is 0 Å². The predicted octanol–water partition coefficient (Wildman–Crippen LogP) is 4.24. The summed E-state index contributed by atoms with van der Waals surface area (Å²) < 4.78 is 13.2. The van der Waals surface area contributed by atoms with E-state index in [0.717, 1.165) is 24.1 Å². The molecule has 0 spiro atoms. The molecular formula is C20H24ClN5O2. The van der Waals surface area contributed by atoms with E-state index >= 15 is 0 Å². The van der Waals surface area contributed by atoms with Crippen molar-refractivity contribution in [1.29, 1.82) is 0 Å². The summed E-state index contributed by atoms with van der Waals surface area (Å²) >= 11 is 6.48. The van der Waals surface area contributed by atoms with Gasteiger partial charge in [-0.3, -0.25) is 0 Å². The van der Waals surface area contributed by atoms with Crippen molar-refractivity contribution in [3.8, 4) is 11.5 Å². The quantitative estimate of drug-likeness (QED) is 0.578. The molecular weight excluding hydrogens is 378 g/mol. The maximum absolute atomic E-state index is 6.48.